The van der Waals surface area contributed by atoms with Gasteiger partial charge in [-0.25, -0.2) is 4.39 Å². The van der Waals surface area contributed by atoms with E-state index in [-0.39, 0.29) is 11.7 Å². The van der Waals surface area contributed by atoms with Gasteiger partial charge in [-0.2, -0.15) is 0 Å². The highest BCUT2D eigenvalue weighted by atomic mass is 28.3. The van der Waals surface area contributed by atoms with Crippen molar-refractivity contribution in [3.63, 3.8) is 0 Å². The Morgan fingerprint density at radius 2 is 1.71 bits per heavy atom. The lowest BCUT2D eigenvalue weighted by atomic mass is 10.0. The van der Waals surface area contributed by atoms with Crippen molar-refractivity contribution >= 4 is 13.3 Å². The molecule has 2 heteroatoms. The minimum Gasteiger partial charge on any atom is -0.207 e. The SMILES string of the molecule is CC(C)c1cccc([Si](C)(C)C)c1F. The molecule has 0 heterocycles. The molecule has 0 aliphatic heterocycles. The summed E-state index contributed by atoms with van der Waals surface area (Å²) >= 11 is 0. The molecule has 1 aromatic rings. The Hall–Kier alpha value is -0.633. The maximum absolute atomic E-state index is 14.1. The standard InChI is InChI=1S/C12H19FSi/c1-9(2)10-7-6-8-11(12(10)13)14(3,4)5/h6-9H,1-5H3. The fourth-order valence-corrected chi connectivity index (χ4v) is 2.97. The maximum Gasteiger partial charge on any atom is 0.125 e. The van der Waals surface area contributed by atoms with Crippen LogP contribution in [0.15, 0.2) is 18.2 Å². The van der Waals surface area contributed by atoms with Crippen LogP contribution in [0.5, 0.6) is 0 Å². The second-order valence-corrected chi connectivity index (χ2v) is 10.2. The fourth-order valence-electron chi connectivity index (χ4n) is 1.57. The van der Waals surface area contributed by atoms with Gasteiger partial charge in [-0.1, -0.05) is 51.7 Å². The number of benzene rings is 1. The van der Waals surface area contributed by atoms with E-state index in [9.17, 15) is 4.39 Å². The summed E-state index contributed by atoms with van der Waals surface area (Å²) in [4.78, 5) is 0. The number of halogens is 1. The molecular formula is C12H19FSi. The van der Waals surface area contributed by atoms with Crippen LogP contribution >= 0.6 is 0 Å². The molecule has 0 amide bonds. The Labute approximate surface area is 87.2 Å². The van der Waals surface area contributed by atoms with Crippen molar-refractivity contribution in [1.82, 2.24) is 0 Å². The van der Waals surface area contributed by atoms with Crippen molar-refractivity contribution in [2.45, 2.75) is 39.4 Å². The van der Waals surface area contributed by atoms with Crippen molar-refractivity contribution in [3.05, 3.63) is 29.6 Å². The van der Waals surface area contributed by atoms with Crippen LogP contribution in [-0.2, 0) is 0 Å². The molecule has 14 heavy (non-hydrogen) atoms. The molecule has 0 unspecified atom stereocenters. The topological polar surface area (TPSA) is 0 Å². The summed E-state index contributed by atoms with van der Waals surface area (Å²) in [6, 6.07) is 5.81. The lowest BCUT2D eigenvalue weighted by Gasteiger charge is -2.20. The van der Waals surface area contributed by atoms with Crippen LogP contribution in [0.3, 0.4) is 0 Å². The zero-order valence-corrected chi connectivity index (χ0v) is 10.7. The molecule has 0 aliphatic rings. The van der Waals surface area contributed by atoms with Gasteiger partial charge in [-0.3, -0.25) is 0 Å². The van der Waals surface area contributed by atoms with Crippen LogP contribution in [-0.4, -0.2) is 8.07 Å². The van der Waals surface area contributed by atoms with Crippen molar-refractivity contribution in [2.24, 2.45) is 0 Å². The highest BCUT2D eigenvalue weighted by Gasteiger charge is 2.22. The fraction of sp³-hybridized carbons (Fsp3) is 0.500. The normalized spacial score (nSPS) is 12.2. The molecule has 1 aromatic carbocycles. The van der Waals surface area contributed by atoms with E-state index in [2.05, 4.69) is 19.6 Å². The summed E-state index contributed by atoms with van der Waals surface area (Å²) in [6.45, 7) is 10.6. The molecule has 78 valence electrons. The Balaban J connectivity index is 3.28. The van der Waals surface area contributed by atoms with Crippen LogP contribution in [0, 0.1) is 5.82 Å². The average molecular weight is 210 g/mol. The van der Waals surface area contributed by atoms with Gasteiger partial charge >= 0.3 is 0 Å². The lowest BCUT2D eigenvalue weighted by Crippen LogP contribution is -2.40. The van der Waals surface area contributed by atoms with E-state index < -0.39 is 8.07 Å². The minimum absolute atomic E-state index is 0.0293. The molecule has 0 saturated carbocycles. The number of hydrogen-bond acceptors (Lipinski definition) is 0. The molecule has 0 N–H and O–H groups in total. The second-order valence-electron chi connectivity index (χ2n) is 5.11. The molecular weight excluding hydrogens is 191 g/mol. The molecule has 0 radical (unpaired) electrons. The predicted octanol–water partition coefficient (Wildman–Crippen LogP) is 3.49. The van der Waals surface area contributed by atoms with Gasteiger partial charge < -0.3 is 0 Å². The highest BCUT2D eigenvalue weighted by molar-refractivity contribution is 6.88. The molecule has 1 rings (SSSR count). The maximum atomic E-state index is 14.1. The minimum atomic E-state index is -1.53. The van der Waals surface area contributed by atoms with Gasteiger partial charge in [0.25, 0.3) is 0 Å². The van der Waals surface area contributed by atoms with Crippen LogP contribution in [0.1, 0.15) is 25.3 Å². The molecule has 0 atom stereocenters. The van der Waals surface area contributed by atoms with Crippen LogP contribution in [0.4, 0.5) is 4.39 Å². The molecule has 0 fully saturated rings. The van der Waals surface area contributed by atoms with E-state index in [0.29, 0.717) is 0 Å². The Bertz CT molecular complexity index is 324. The van der Waals surface area contributed by atoms with Gasteiger partial charge in [-0.15, -0.1) is 0 Å². The van der Waals surface area contributed by atoms with E-state index in [4.69, 9.17) is 0 Å². The smallest absolute Gasteiger partial charge is 0.125 e. The third-order valence-electron chi connectivity index (χ3n) is 2.46. The molecule has 0 spiro atoms. The van der Waals surface area contributed by atoms with Gasteiger partial charge in [0.05, 0.1) is 8.07 Å². The van der Waals surface area contributed by atoms with Crippen molar-refractivity contribution in [2.75, 3.05) is 0 Å². The zero-order chi connectivity index (χ0) is 10.9. The van der Waals surface area contributed by atoms with Gasteiger partial charge in [0.15, 0.2) is 0 Å². The summed E-state index contributed by atoms with van der Waals surface area (Å²) in [6.07, 6.45) is 0. The van der Waals surface area contributed by atoms with E-state index in [0.717, 1.165) is 10.8 Å². The largest absolute Gasteiger partial charge is 0.207 e. The Morgan fingerprint density at radius 3 is 2.14 bits per heavy atom. The third-order valence-corrected chi connectivity index (χ3v) is 4.46. The zero-order valence-electron chi connectivity index (χ0n) is 9.69. The Kier molecular flexibility index (Phi) is 3.15. The average Bonchev–Trinajstić information content (AvgIpc) is 2.01. The van der Waals surface area contributed by atoms with Crippen molar-refractivity contribution in [3.8, 4) is 0 Å². The quantitative estimate of drug-likeness (QED) is 0.655. The summed E-state index contributed by atoms with van der Waals surface area (Å²) in [5, 5.41) is 0.948. The first-order valence-corrected chi connectivity index (χ1v) is 8.63. The van der Waals surface area contributed by atoms with Gasteiger partial charge in [0, 0.05) is 0 Å². The first kappa shape index (κ1) is 11.4. The summed E-state index contributed by atoms with van der Waals surface area (Å²) < 4.78 is 14.1. The van der Waals surface area contributed by atoms with E-state index in [1.165, 1.54) is 0 Å². The number of hydrogen-bond donors (Lipinski definition) is 0. The molecule has 0 aromatic heterocycles. The van der Waals surface area contributed by atoms with E-state index in [1.807, 2.05) is 32.0 Å². The first-order valence-electron chi connectivity index (χ1n) is 5.13. The van der Waals surface area contributed by atoms with Gasteiger partial charge in [-0.05, 0) is 16.7 Å². The van der Waals surface area contributed by atoms with Crippen LogP contribution in [0.2, 0.25) is 19.6 Å². The lowest BCUT2D eigenvalue weighted by molar-refractivity contribution is 0.605. The van der Waals surface area contributed by atoms with E-state index in [1.54, 1.807) is 0 Å². The van der Waals surface area contributed by atoms with Crippen molar-refractivity contribution in [1.29, 1.82) is 0 Å². The first-order chi connectivity index (χ1) is 6.34. The summed E-state index contributed by atoms with van der Waals surface area (Å²) in [7, 11) is -1.53. The van der Waals surface area contributed by atoms with Crippen molar-refractivity contribution < 1.29 is 4.39 Å². The molecule has 0 saturated heterocycles. The van der Waals surface area contributed by atoms with Gasteiger partial charge in [0.1, 0.15) is 5.82 Å². The summed E-state index contributed by atoms with van der Waals surface area (Å²) in [5.74, 6) is 0.299. The monoisotopic (exact) mass is 210 g/mol. The summed E-state index contributed by atoms with van der Waals surface area (Å²) in [5.41, 5.74) is 0.852. The second kappa shape index (κ2) is 3.85. The molecule has 0 nitrogen and oxygen atoms in total. The molecule has 0 aliphatic carbocycles. The third kappa shape index (κ3) is 2.24. The van der Waals surface area contributed by atoms with Crippen LogP contribution < -0.4 is 5.19 Å². The molecule has 0 bridgehead atoms. The Morgan fingerprint density at radius 1 is 1.14 bits per heavy atom. The predicted molar refractivity (Wildman–Crippen MR) is 63.5 cm³/mol. The highest BCUT2D eigenvalue weighted by Crippen LogP contribution is 2.18. The number of rotatable bonds is 2. The van der Waals surface area contributed by atoms with Gasteiger partial charge in [0.2, 0.25) is 0 Å². The van der Waals surface area contributed by atoms with E-state index >= 15 is 0 Å². The van der Waals surface area contributed by atoms with Crippen LogP contribution in [0.25, 0.3) is 0 Å².